The molecule has 0 fully saturated rings. The average molecular weight is 643 g/mol. The molecular formula is C28H36IrNO4-. The molecule has 1 aromatic carbocycles. The predicted molar refractivity (Wildman–Crippen MR) is 133 cm³/mol. The molecule has 2 heterocycles. The molecule has 187 valence electrons. The summed E-state index contributed by atoms with van der Waals surface area (Å²) in [5.74, 6) is 1.38. The smallest absolute Gasteiger partial charge is 0.220 e. The minimum absolute atomic E-state index is 0. The topological polar surface area (TPSA) is 72.6 Å². The van der Waals surface area contributed by atoms with Gasteiger partial charge in [-0.3, -0.25) is 4.79 Å². The van der Waals surface area contributed by atoms with Crippen LogP contribution in [0.25, 0.3) is 11.0 Å². The number of nitrogens with zero attached hydrogens (tertiary/aromatic N) is 1. The molecule has 0 aliphatic heterocycles. The molecule has 0 atom stereocenters. The summed E-state index contributed by atoms with van der Waals surface area (Å²) in [4.78, 5) is 16.1. The van der Waals surface area contributed by atoms with Crippen molar-refractivity contribution in [3.8, 4) is 11.6 Å². The monoisotopic (exact) mass is 643 g/mol. The second-order valence-electron chi connectivity index (χ2n) is 9.66. The predicted octanol–water partition coefficient (Wildman–Crippen LogP) is 7.90. The van der Waals surface area contributed by atoms with Crippen molar-refractivity contribution >= 4 is 16.8 Å². The third-order valence-electron chi connectivity index (χ3n) is 6.05. The van der Waals surface area contributed by atoms with Crippen molar-refractivity contribution in [2.45, 2.75) is 68.2 Å². The molecule has 3 rings (SSSR count). The van der Waals surface area contributed by atoms with Crippen LogP contribution in [0.5, 0.6) is 11.6 Å². The SMILES string of the molecule is CCC(C)(C)C(=O)/C=C(\O)C(C)(C)CC.Cc1[c-]c(Oc2cc3occc3cn2)cc(C)c1.[Ir]. The number of allylic oxidation sites excluding steroid dienone is 2. The summed E-state index contributed by atoms with van der Waals surface area (Å²) in [7, 11) is 0. The van der Waals surface area contributed by atoms with Crippen molar-refractivity contribution in [3.05, 3.63) is 65.8 Å². The fourth-order valence-corrected chi connectivity index (χ4v) is 2.79. The molecule has 3 aromatic rings. The number of hydrogen-bond acceptors (Lipinski definition) is 5. The van der Waals surface area contributed by atoms with Gasteiger partial charge in [-0.15, -0.1) is 12.1 Å². The Hall–Kier alpha value is -2.43. The van der Waals surface area contributed by atoms with Crippen molar-refractivity contribution in [1.29, 1.82) is 0 Å². The van der Waals surface area contributed by atoms with Gasteiger partial charge in [0.1, 0.15) is 11.3 Å². The summed E-state index contributed by atoms with van der Waals surface area (Å²) in [6.07, 6.45) is 6.36. The number of aromatic nitrogens is 1. The molecule has 0 aliphatic carbocycles. The third kappa shape index (κ3) is 8.10. The van der Waals surface area contributed by atoms with E-state index in [2.05, 4.69) is 17.1 Å². The molecule has 0 bridgehead atoms. The zero-order valence-corrected chi connectivity index (χ0v) is 23.8. The van der Waals surface area contributed by atoms with Crippen molar-refractivity contribution in [1.82, 2.24) is 4.98 Å². The van der Waals surface area contributed by atoms with Crippen molar-refractivity contribution in [2.24, 2.45) is 10.8 Å². The van der Waals surface area contributed by atoms with Gasteiger partial charge in [0.15, 0.2) is 5.78 Å². The largest absolute Gasteiger partial charge is 0.512 e. The molecule has 0 aliphatic rings. The number of rotatable bonds is 7. The van der Waals surface area contributed by atoms with Crippen LogP contribution in [0.2, 0.25) is 0 Å². The number of ether oxygens (including phenoxy) is 1. The maximum Gasteiger partial charge on any atom is 0.220 e. The Balaban J connectivity index is 0.000000338. The van der Waals surface area contributed by atoms with Gasteiger partial charge < -0.3 is 14.3 Å². The van der Waals surface area contributed by atoms with E-state index in [4.69, 9.17) is 9.15 Å². The van der Waals surface area contributed by atoms with Gasteiger partial charge in [0.25, 0.3) is 0 Å². The first-order valence-electron chi connectivity index (χ1n) is 11.3. The molecule has 5 nitrogen and oxygen atoms in total. The van der Waals surface area contributed by atoms with Crippen LogP contribution in [0, 0.1) is 30.7 Å². The van der Waals surface area contributed by atoms with Crippen LogP contribution in [-0.2, 0) is 24.9 Å². The van der Waals surface area contributed by atoms with E-state index < -0.39 is 0 Å². The number of aliphatic hydroxyl groups excluding tert-OH is 1. The van der Waals surface area contributed by atoms with Crippen LogP contribution in [0.4, 0.5) is 0 Å². The number of carbonyl (C=O) groups excluding carboxylic acids is 1. The van der Waals surface area contributed by atoms with E-state index >= 15 is 0 Å². The minimum atomic E-state index is -0.377. The number of pyridine rings is 1. The molecule has 0 saturated carbocycles. The Labute approximate surface area is 217 Å². The van der Waals surface area contributed by atoms with E-state index in [1.54, 1.807) is 18.5 Å². The van der Waals surface area contributed by atoms with Crippen molar-refractivity contribution in [3.63, 3.8) is 0 Å². The van der Waals surface area contributed by atoms with Gasteiger partial charge in [-0.05, 0) is 18.9 Å². The van der Waals surface area contributed by atoms with Gasteiger partial charge in [0.2, 0.25) is 5.88 Å². The van der Waals surface area contributed by atoms with E-state index in [1.807, 2.05) is 67.5 Å². The standard InChI is InChI=1S/C15H12NO2.C13H24O2.Ir/c1-10-5-11(2)7-13(6-10)18-15-8-14-12(9-16-15)3-4-17-14;1-7-12(3,4)10(14)9-11(15)13(5,6)8-2;/h3-6,8-9H,1-2H3;9,14H,7-8H2,1-6H3;/q-1;;/b;10-9-;. The van der Waals surface area contributed by atoms with E-state index in [0.29, 0.717) is 11.6 Å². The van der Waals surface area contributed by atoms with Gasteiger partial charge in [-0.2, -0.15) is 17.2 Å². The first-order valence-corrected chi connectivity index (χ1v) is 11.3. The maximum absolute atomic E-state index is 11.8. The van der Waals surface area contributed by atoms with Gasteiger partial charge in [0.05, 0.1) is 6.26 Å². The van der Waals surface area contributed by atoms with E-state index in [-0.39, 0.29) is 42.5 Å². The van der Waals surface area contributed by atoms with Gasteiger partial charge in [-0.25, -0.2) is 4.98 Å². The molecular weight excluding hydrogens is 607 g/mol. The van der Waals surface area contributed by atoms with Gasteiger partial charge in [0, 0.05) is 60.4 Å². The molecule has 0 amide bonds. The first-order chi connectivity index (χ1) is 15.4. The van der Waals surface area contributed by atoms with E-state index in [9.17, 15) is 9.90 Å². The number of benzene rings is 1. The van der Waals surface area contributed by atoms with Crippen LogP contribution < -0.4 is 4.74 Å². The molecule has 0 spiro atoms. The summed E-state index contributed by atoms with van der Waals surface area (Å²) in [5, 5.41) is 10.8. The number of fused-ring (bicyclic) bond motifs is 1. The normalized spacial score (nSPS) is 11.9. The second-order valence-corrected chi connectivity index (χ2v) is 9.66. The fourth-order valence-electron chi connectivity index (χ4n) is 2.79. The third-order valence-corrected chi connectivity index (χ3v) is 6.05. The Bertz CT molecular complexity index is 1110. The number of carbonyl (C=O) groups is 1. The van der Waals surface area contributed by atoms with Crippen LogP contribution in [0.3, 0.4) is 0 Å². The Morgan fingerprint density at radius 1 is 1.12 bits per heavy atom. The molecule has 1 radical (unpaired) electrons. The van der Waals surface area contributed by atoms with Crippen molar-refractivity contribution in [2.75, 3.05) is 0 Å². The van der Waals surface area contributed by atoms with Crippen LogP contribution in [0.15, 0.2) is 53.0 Å². The molecule has 0 saturated heterocycles. The van der Waals surface area contributed by atoms with Crippen LogP contribution in [0.1, 0.15) is 65.5 Å². The zero-order valence-electron chi connectivity index (χ0n) is 21.4. The van der Waals surface area contributed by atoms with E-state index in [0.717, 1.165) is 34.9 Å². The number of ketones is 1. The summed E-state index contributed by atoms with van der Waals surface area (Å²) in [5.41, 5.74) is 2.27. The van der Waals surface area contributed by atoms with Gasteiger partial charge >= 0.3 is 0 Å². The summed E-state index contributed by atoms with van der Waals surface area (Å²) < 4.78 is 11.0. The molecule has 34 heavy (non-hydrogen) atoms. The number of furan rings is 1. The Kier molecular flexibility index (Phi) is 10.7. The Morgan fingerprint density at radius 3 is 2.35 bits per heavy atom. The Morgan fingerprint density at radius 2 is 1.76 bits per heavy atom. The van der Waals surface area contributed by atoms with Crippen molar-refractivity contribution < 1.29 is 39.2 Å². The average Bonchev–Trinajstić information content (AvgIpc) is 3.21. The first kappa shape index (κ1) is 29.6. The second kappa shape index (κ2) is 12.3. The summed E-state index contributed by atoms with van der Waals surface area (Å²) in [6.45, 7) is 15.7. The van der Waals surface area contributed by atoms with Crippen LogP contribution in [-0.4, -0.2) is 15.9 Å². The molecule has 1 N–H and O–H groups in total. The van der Waals surface area contributed by atoms with Crippen LogP contribution >= 0.6 is 0 Å². The summed E-state index contributed by atoms with van der Waals surface area (Å²) in [6, 6.07) is 10.8. The zero-order chi connectivity index (χ0) is 24.8. The van der Waals surface area contributed by atoms with E-state index in [1.165, 1.54) is 6.08 Å². The molecule has 2 aromatic heterocycles. The van der Waals surface area contributed by atoms with Gasteiger partial charge in [-0.1, -0.05) is 55.4 Å². The molecule has 0 unspecified atom stereocenters. The summed E-state index contributed by atoms with van der Waals surface area (Å²) >= 11 is 0. The minimum Gasteiger partial charge on any atom is -0.512 e. The maximum atomic E-state index is 11.8. The number of aryl methyl sites for hydroxylation is 2. The number of hydrogen-bond donors (Lipinski definition) is 1. The fraction of sp³-hybridized carbons (Fsp3) is 0.429. The quantitative estimate of drug-likeness (QED) is 0.161. The molecule has 6 heteroatoms. The number of aliphatic hydroxyl groups is 1.